The van der Waals surface area contributed by atoms with Crippen LogP contribution in [0.15, 0.2) is 37.0 Å². The number of rotatable bonds is 6. The molecule has 2 aliphatic rings. The molecule has 0 N–H and O–H groups in total. The maximum Gasteiger partial charge on any atom is -0.0233 e. The Morgan fingerprint density at radius 3 is 2.00 bits per heavy atom. The summed E-state index contributed by atoms with van der Waals surface area (Å²) in [5.41, 5.74) is 0. The van der Waals surface area contributed by atoms with Crippen molar-refractivity contribution in [3.8, 4) is 0 Å². The SMILES string of the molecule is C=C[C@H]1CC[C@H](C=CCC[C@H]2CC[C@H](C=CC)CC2)CC1. The molecule has 21 heavy (non-hydrogen) atoms. The third kappa shape index (κ3) is 5.85. The van der Waals surface area contributed by atoms with Crippen molar-refractivity contribution in [1.82, 2.24) is 0 Å². The highest BCUT2D eigenvalue weighted by molar-refractivity contribution is 4.94. The van der Waals surface area contributed by atoms with Crippen molar-refractivity contribution < 1.29 is 0 Å². The summed E-state index contributed by atoms with van der Waals surface area (Å²) in [6.07, 6.45) is 25.7. The molecule has 0 aromatic carbocycles. The molecule has 0 spiro atoms. The first-order valence-electron chi connectivity index (χ1n) is 9.23. The van der Waals surface area contributed by atoms with E-state index in [-0.39, 0.29) is 0 Å². The molecule has 0 aliphatic heterocycles. The second-order valence-electron chi connectivity index (χ2n) is 7.22. The zero-order valence-corrected chi connectivity index (χ0v) is 14.0. The first-order valence-corrected chi connectivity index (χ1v) is 9.23. The molecule has 0 heterocycles. The number of hydrogen-bond acceptors (Lipinski definition) is 0. The van der Waals surface area contributed by atoms with Crippen molar-refractivity contribution in [3.05, 3.63) is 37.0 Å². The zero-order valence-electron chi connectivity index (χ0n) is 14.0. The minimum atomic E-state index is 0.794. The molecular formula is C21H34. The molecule has 0 heteroatoms. The topological polar surface area (TPSA) is 0 Å². The van der Waals surface area contributed by atoms with Crippen LogP contribution in [-0.2, 0) is 0 Å². The van der Waals surface area contributed by atoms with Crippen LogP contribution >= 0.6 is 0 Å². The summed E-state index contributed by atoms with van der Waals surface area (Å²) in [4.78, 5) is 0. The lowest BCUT2D eigenvalue weighted by Crippen LogP contribution is -2.13. The smallest absolute Gasteiger partial charge is 0.0233 e. The summed E-state index contributed by atoms with van der Waals surface area (Å²) in [5.74, 6) is 3.52. The van der Waals surface area contributed by atoms with Crippen LogP contribution in [0, 0.1) is 23.7 Å². The Bertz CT molecular complexity index is 333. The molecular weight excluding hydrogens is 252 g/mol. The Morgan fingerprint density at radius 2 is 1.38 bits per heavy atom. The molecule has 2 aliphatic carbocycles. The lowest BCUT2D eigenvalue weighted by atomic mass is 9.79. The van der Waals surface area contributed by atoms with Gasteiger partial charge >= 0.3 is 0 Å². The molecule has 0 saturated heterocycles. The van der Waals surface area contributed by atoms with Gasteiger partial charge in [-0.3, -0.25) is 0 Å². The number of allylic oxidation sites excluding steroid dienone is 5. The Kier molecular flexibility index (Phi) is 7.33. The third-order valence-electron chi connectivity index (χ3n) is 5.66. The van der Waals surface area contributed by atoms with Crippen LogP contribution in [0.1, 0.15) is 71.1 Å². The van der Waals surface area contributed by atoms with Crippen molar-refractivity contribution in [2.75, 3.05) is 0 Å². The molecule has 2 fully saturated rings. The Morgan fingerprint density at radius 1 is 0.810 bits per heavy atom. The summed E-state index contributed by atoms with van der Waals surface area (Å²) in [5, 5.41) is 0. The van der Waals surface area contributed by atoms with Gasteiger partial charge in [0.15, 0.2) is 0 Å². The predicted octanol–water partition coefficient (Wildman–Crippen LogP) is 6.70. The lowest BCUT2D eigenvalue weighted by molar-refractivity contribution is 0.297. The van der Waals surface area contributed by atoms with Crippen molar-refractivity contribution in [2.24, 2.45) is 23.7 Å². The highest BCUT2D eigenvalue weighted by Gasteiger charge is 2.19. The van der Waals surface area contributed by atoms with Gasteiger partial charge < -0.3 is 0 Å². The van der Waals surface area contributed by atoms with Crippen LogP contribution in [-0.4, -0.2) is 0 Å². The van der Waals surface area contributed by atoms with Crippen molar-refractivity contribution in [2.45, 2.75) is 71.1 Å². The molecule has 0 aromatic rings. The number of hydrogen-bond donors (Lipinski definition) is 0. The first kappa shape index (κ1) is 16.6. The fourth-order valence-corrected chi connectivity index (χ4v) is 4.14. The van der Waals surface area contributed by atoms with E-state index in [2.05, 4.69) is 43.9 Å². The molecule has 0 amide bonds. The maximum atomic E-state index is 3.93. The zero-order chi connectivity index (χ0) is 14.9. The van der Waals surface area contributed by atoms with Crippen molar-refractivity contribution in [1.29, 1.82) is 0 Å². The van der Waals surface area contributed by atoms with E-state index in [0.717, 1.165) is 23.7 Å². The van der Waals surface area contributed by atoms with Gasteiger partial charge in [0.25, 0.3) is 0 Å². The van der Waals surface area contributed by atoms with Gasteiger partial charge in [-0.25, -0.2) is 0 Å². The molecule has 0 radical (unpaired) electrons. The van der Waals surface area contributed by atoms with Gasteiger partial charge in [0.05, 0.1) is 0 Å². The minimum Gasteiger partial charge on any atom is -0.103 e. The highest BCUT2D eigenvalue weighted by Crippen LogP contribution is 2.33. The van der Waals surface area contributed by atoms with Crippen molar-refractivity contribution in [3.63, 3.8) is 0 Å². The van der Waals surface area contributed by atoms with Crippen LogP contribution in [0.3, 0.4) is 0 Å². The quantitative estimate of drug-likeness (QED) is 0.477. The van der Waals surface area contributed by atoms with Crippen LogP contribution in [0.2, 0.25) is 0 Å². The fraction of sp³-hybridized carbons (Fsp3) is 0.714. The Labute approximate surface area is 132 Å². The Hall–Kier alpha value is -0.780. The van der Waals surface area contributed by atoms with E-state index in [1.807, 2.05) is 0 Å². The van der Waals surface area contributed by atoms with Crippen LogP contribution in [0.5, 0.6) is 0 Å². The van der Waals surface area contributed by atoms with Crippen molar-refractivity contribution >= 4 is 0 Å². The molecule has 0 nitrogen and oxygen atoms in total. The van der Waals surface area contributed by atoms with E-state index in [4.69, 9.17) is 0 Å². The summed E-state index contributed by atoms with van der Waals surface area (Å²) in [7, 11) is 0. The molecule has 118 valence electrons. The molecule has 0 unspecified atom stereocenters. The summed E-state index contributed by atoms with van der Waals surface area (Å²) >= 11 is 0. The lowest BCUT2D eigenvalue weighted by Gasteiger charge is -2.26. The highest BCUT2D eigenvalue weighted by atomic mass is 14.2. The van der Waals surface area contributed by atoms with E-state index in [1.165, 1.54) is 64.2 Å². The van der Waals surface area contributed by atoms with E-state index >= 15 is 0 Å². The van der Waals surface area contributed by atoms with Gasteiger partial charge in [0.2, 0.25) is 0 Å². The molecule has 2 rings (SSSR count). The average molecular weight is 287 g/mol. The van der Waals surface area contributed by atoms with Gasteiger partial charge in [-0.15, -0.1) is 6.58 Å². The van der Waals surface area contributed by atoms with Gasteiger partial charge in [-0.1, -0.05) is 30.4 Å². The molecule has 0 bridgehead atoms. The molecule has 0 atom stereocenters. The fourth-order valence-electron chi connectivity index (χ4n) is 4.14. The summed E-state index contributed by atoms with van der Waals surface area (Å²) in [6.45, 7) is 6.08. The second-order valence-corrected chi connectivity index (χ2v) is 7.22. The van der Waals surface area contributed by atoms with E-state index in [0.29, 0.717) is 0 Å². The van der Waals surface area contributed by atoms with E-state index < -0.39 is 0 Å². The van der Waals surface area contributed by atoms with Crippen LogP contribution in [0.25, 0.3) is 0 Å². The predicted molar refractivity (Wildman–Crippen MR) is 94.3 cm³/mol. The van der Waals surface area contributed by atoms with Gasteiger partial charge in [0, 0.05) is 0 Å². The second kappa shape index (κ2) is 9.28. The minimum absolute atomic E-state index is 0.794. The van der Waals surface area contributed by atoms with Crippen LogP contribution < -0.4 is 0 Å². The Balaban J connectivity index is 1.57. The summed E-state index contributed by atoms with van der Waals surface area (Å²) < 4.78 is 0. The first-order chi connectivity index (χ1) is 10.3. The maximum absolute atomic E-state index is 3.93. The standard InChI is InChI=1S/C21H34/c1-3-7-19-14-16-21(17-15-19)9-6-5-8-20-12-10-18(4-2)11-13-20/h3-5,7-8,18-21H,2,6,9-17H2,1H3/t18-,19-,20-,21-. The van der Waals surface area contributed by atoms with Gasteiger partial charge in [0.1, 0.15) is 0 Å². The normalized spacial score (nSPS) is 34.5. The largest absolute Gasteiger partial charge is 0.103 e. The monoisotopic (exact) mass is 286 g/mol. The summed E-state index contributed by atoms with van der Waals surface area (Å²) in [6, 6.07) is 0. The van der Waals surface area contributed by atoms with E-state index in [1.54, 1.807) is 0 Å². The molecule has 0 aromatic heterocycles. The van der Waals surface area contributed by atoms with Gasteiger partial charge in [-0.05, 0) is 94.8 Å². The van der Waals surface area contributed by atoms with Crippen LogP contribution in [0.4, 0.5) is 0 Å². The third-order valence-corrected chi connectivity index (χ3v) is 5.66. The van der Waals surface area contributed by atoms with E-state index in [9.17, 15) is 0 Å². The average Bonchev–Trinajstić information content (AvgIpc) is 2.54. The molecule has 2 saturated carbocycles. The van der Waals surface area contributed by atoms with Gasteiger partial charge in [-0.2, -0.15) is 0 Å².